The number of aliphatic hydroxyl groups excluding tert-OH is 1. The number of sulfonamides is 1. The Morgan fingerprint density at radius 1 is 1.17 bits per heavy atom. The van der Waals surface area contributed by atoms with Crippen LogP contribution in [0.5, 0.6) is 0 Å². The van der Waals surface area contributed by atoms with Crippen molar-refractivity contribution in [1.29, 1.82) is 0 Å². The summed E-state index contributed by atoms with van der Waals surface area (Å²) >= 11 is 0. The van der Waals surface area contributed by atoms with Crippen molar-refractivity contribution in [3.8, 4) is 0 Å². The Morgan fingerprint density at radius 3 is 2.77 bits per heavy atom. The van der Waals surface area contributed by atoms with Crippen LogP contribution in [0.3, 0.4) is 0 Å². The minimum Gasteiger partial charge on any atom is -0.424 e. The number of hydrogen-bond donors (Lipinski definition) is 3. The SMILES string of the molecule is CC(C)CN(C[C@@H](O)[C@H](Cc1cccc(F)c1)NC(=O)OC1=C2COC3OCC1CC23)S(=O)(=O)c1ccc2nc(NC3CC3)oc2c1. The van der Waals surface area contributed by atoms with Gasteiger partial charge >= 0.3 is 6.09 Å². The van der Waals surface area contributed by atoms with Crippen LogP contribution in [0.4, 0.5) is 15.2 Å². The molecule has 3 unspecified atom stereocenters. The maximum absolute atomic E-state index is 14.1. The molecule has 3 N–H and O–H groups in total. The van der Waals surface area contributed by atoms with Gasteiger partial charge in [0.15, 0.2) is 11.9 Å². The lowest BCUT2D eigenvalue weighted by molar-refractivity contribution is -0.161. The van der Waals surface area contributed by atoms with Gasteiger partial charge < -0.3 is 34.4 Å². The minimum atomic E-state index is -4.13. The van der Waals surface area contributed by atoms with Crippen LogP contribution < -0.4 is 10.6 Å². The lowest BCUT2D eigenvalue weighted by atomic mass is 9.99. The van der Waals surface area contributed by atoms with Crippen molar-refractivity contribution in [2.75, 3.05) is 31.6 Å². The van der Waals surface area contributed by atoms with Gasteiger partial charge in [0.25, 0.3) is 6.01 Å². The number of hydrogen-bond acceptors (Lipinski definition) is 10. The second-order valence-electron chi connectivity index (χ2n) is 13.3. The number of fused-ring (bicyclic) bond motifs is 2. The molecule has 47 heavy (non-hydrogen) atoms. The number of amides is 1. The first-order chi connectivity index (χ1) is 22.5. The van der Waals surface area contributed by atoms with Crippen molar-refractivity contribution in [1.82, 2.24) is 14.6 Å². The molecule has 1 saturated carbocycles. The van der Waals surface area contributed by atoms with Crippen LogP contribution in [-0.2, 0) is 30.7 Å². The summed E-state index contributed by atoms with van der Waals surface area (Å²) in [5.41, 5.74) is 2.26. The number of nitrogens with zero attached hydrogens (tertiary/aromatic N) is 2. The Kier molecular flexibility index (Phi) is 8.72. The highest BCUT2D eigenvalue weighted by molar-refractivity contribution is 7.89. The lowest BCUT2D eigenvalue weighted by Crippen LogP contribution is -2.51. The summed E-state index contributed by atoms with van der Waals surface area (Å²) in [6.45, 7) is 4.20. The molecule has 3 aromatic rings. The number of rotatable bonds is 13. The van der Waals surface area contributed by atoms with E-state index in [2.05, 4.69) is 15.6 Å². The molecule has 1 aromatic heterocycles. The zero-order valence-electron chi connectivity index (χ0n) is 26.2. The first-order valence-corrected chi connectivity index (χ1v) is 17.5. The normalized spacial score (nSPS) is 23.5. The van der Waals surface area contributed by atoms with E-state index in [4.69, 9.17) is 18.6 Å². The number of ether oxygens (including phenoxy) is 3. The van der Waals surface area contributed by atoms with Crippen molar-refractivity contribution in [3.05, 3.63) is 65.2 Å². The van der Waals surface area contributed by atoms with Gasteiger partial charge in [-0.3, -0.25) is 0 Å². The molecule has 0 spiro atoms. The molecule has 7 rings (SSSR count). The summed E-state index contributed by atoms with van der Waals surface area (Å²) < 4.78 is 66.4. The van der Waals surface area contributed by atoms with Crippen molar-refractivity contribution < 1.29 is 41.3 Å². The number of oxazole rings is 1. The minimum absolute atomic E-state index is 0.0129. The van der Waals surface area contributed by atoms with E-state index < -0.39 is 34.1 Å². The Balaban J connectivity index is 1.12. The second kappa shape index (κ2) is 12.8. The first-order valence-electron chi connectivity index (χ1n) is 16.1. The molecule has 252 valence electrons. The van der Waals surface area contributed by atoms with Gasteiger partial charge in [-0.1, -0.05) is 26.0 Å². The van der Waals surface area contributed by atoms with Gasteiger partial charge in [0.2, 0.25) is 10.0 Å². The van der Waals surface area contributed by atoms with E-state index in [0.29, 0.717) is 47.7 Å². The van der Waals surface area contributed by atoms with Crippen molar-refractivity contribution >= 4 is 33.2 Å². The van der Waals surface area contributed by atoms with Crippen LogP contribution in [0.25, 0.3) is 11.1 Å². The third-order valence-corrected chi connectivity index (χ3v) is 10.9. The fourth-order valence-corrected chi connectivity index (χ4v) is 8.22. The standard InChI is InChI=1S/C33H39FN4O8S/c1-18(2)14-38(47(41,42)23-8-9-26-29(13-23)45-32(36-26)35-22-6-7-22)15-28(39)27(11-19-4-3-5-21(34)10-19)37-33(40)46-30-20-12-24-25(30)17-44-31(24)43-16-20/h3-5,8-10,13,18,20,22,24,27-28,31,39H,6-7,11-12,14-17H2,1-2H3,(H,35,36)(H,37,40)/t20?,24?,27-,28+,31?/m0/s1. The van der Waals surface area contributed by atoms with E-state index in [1.807, 2.05) is 13.8 Å². The molecule has 2 aliphatic carbocycles. The monoisotopic (exact) mass is 670 g/mol. The molecule has 2 saturated heterocycles. The van der Waals surface area contributed by atoms with E-state index in [1.54, 1.807) is 12.1 Å². The molecule has 2 bridgehead atoms. The van der Waals surface area contributed by atoms with E-state index in [-0.39, 0.29) is 48.4 Å². The zero-order chi connectivity index (χ0) is 32.9. The Hall–Kier alpha value is -3.56. The summed E-state index contributed by atoms with van der Waals surface area (Å²) in [4.78, 5) is 17.7. The van der Waals surface area contributed by atoms with E-state index in [1.165, 1.54) is 34.6 Å². The fraction of sp³-hybridized carbons (Fsp3) is 0.515. The third kappa shape index (κ3) is 6.88. The van der Waals surface area contributed by atoms with Gasteiger partial charge in [0, 0.05) is 42.6 Å². The predicted octanol–water partition coefficient (Wildman–Crippen LogP) is 4.16. The highest BCUT2D eigenvalue weighted by atomic mass is 32.2. The molecule has 3 fully saturated rings. The van der Waals surface area contributed by atoms with E-state index in [9.17, 15) is 22.7 Å². The molecular formula is C33H39FN4O8S. The van der Waals surface area contributed by atoms with Gasteiger partial charge in [-0.15, -0.1) is 0 Å². The van der Waals surface area contributed by atoms with Crippen LogP contribution in [-0.4, -0.2) is 79.7 Å². The largest absolute Gasteiger partial charge is 0.424 e. The first kappa shape index (κ1) is 32.0. The maximum atomic E-state index is 14.1. The van der Waals surface area contributed by atoms with Gasteiger partial charge in [-0.2, -0.15) is 9.29 Å². The van der Waals surface area contributed by atoms with Crippen LogP contribution in [0, 0.1) is 23.6 Å². The molecule has 12 nitrogen and oxygen atoms in total. The predicted molar refractivity (Wildman–Crippen MR) is 168 cm³/mol. The molecule has 1 amide bonds. The van der Waals surface area contributed by atoms with Gasteiger partial charge in [-0.05, 0) is 61.4 Å². The summed E-state index contributed by atoms with van der Waals surface area (Å²) in [5, 5.41) is 17.5. The van der Waals surface area contributed by atoms with Gasteiger partial charge in [-0.25, -0.2) is 17.6 Å². The van der Waals surface area contributed by atoms with Crippen molar-refractivity contribution in [2.45, 2.75) is 68.9 Å². The Morgan fingerprint density at radius 2 is 2.00 bits per heavy atom. The highest BCUT2D eigenvalue weighted by Gasteiger charge is 2.49. The summed E-state index contributed by atoms with van der Waals surface area (Å²) in [6.07, 6.45) is 0.353. The topological polar surface area (TPSA) is 152 Å². The Bertz CT molecular complexity index is 1790. The number of aromatic nitrogens is 1. The number of carbonyl (C=O) groups excluding carboxylic acids is 1. The second-order valence-corrected chi connectivity index (χ2v) is 15.2. The number of carbonyl (C=O) groups is 1. The van der Waals surface area contributed by atoms with E-state index >= 15 is 0 Å². The van der Waals surface area contributed by atoms with Crippen LogP contribution in [0.1, 0.15) is 38.7 Å². The number of anilines is 1. The third-order valence-electron chi connectivity index (χ3n) is 9.04. The van der Waals surface area contributed by atoms with Crippen LogP contribution >= 0.6 is 0 Å². The molecule has 14 heteroatoms. The van der Waals surface area contributed by atoms with Gasteiger partial charge in [0.05, 0.1) is 30.3 Å². The molecule has 5 atom stereocenters. The highest BCUT2D eigenvalue weighted by Crippen LogP contribution is 2.48. The van der Waals surface area contributed by atoms with Crippen LogP contribution in [0.15, 0.2) is 63.1 Å². The smallest absolute Gasteiger partial charge is 0.412 e. The number of alkyl carbamates (subject to hydrolysis) is 1. The molecule has 3 heterocycles. The van der Waals surface area contributed by atoms with Gasteiger partial charge in [0.1, 0.15) is 17.1 Å². The fourth-order valence-electron chi connectivity index (χ4n) is 6.58. The molecule has 2 aliphatic heterocycles. The maximum Gasteiger partial charge on any atom is 0.412 e. The van der Waals surface area contributed by atoms with Crippen molar-refractivity contribution in [2.24, 2.45) is 17.8 Å². The van der Waals surface area contributed by atoms with E-state index in [0.717, 1.165) is 24.8 Å². The number of aliphatic hydroxyl groups is 1. The average molecular weight is 671 g/mol. The summed E-state index contributed by atoms with van der Waals surface area (Å²) in [5.74, 6) is -0.0520. The summed E-state index contributed by atoms with van der Waals surface area (Å²) in [6, 6.07) is 9.96. The van der Waals surface area contributed by atoms with Crippen LogP contribution in [0.2, 0.25) is 0 Å². The molecule has 4 aliphatic rings. The molecule has 0 radical (unpaired) electrons. The number of benzene rings is 2. The zero-order valence-corrected chi connectivity index (χ0v) is 27.0. The summed E-state index contributed by atoms with van der Waals surface area (Å²) in [7, 11) is -4.13. The number of nitrogens with one attached hydrogen (secondary N) is 2. The quantitative estimate of drug-likeness (QED) is 0.242. The average Bonchev–Trinajstić information content (AvgIpc) is 3.48. The number of halogens is 1. The lowest BCUT2D eigenvalue weighted by Gasteiger charge is -2.31. The molecular weight excluding hydrogens is 631 g/mol. The Labute approximate surface area is 272 Å². The van der Waals surface area contributed by atoms with Crippen molar-refractivity contribution in [3.63, 3.8) is 0 Å². The molecule has 2 aromatic carbocycles.